The number of para-hydroxylation sites is 1. The van der Waals surface area contributed by atoms with Gasteiger partial charge >= 0.3 is 0 Å². The van der Waals surface area contributed by atoms with Crippen LogP contribution in [0.25, 0.3) is 15.9 Å². The van der Waals surface area contributed by atoms with Gasteiger partial charge in [-0.25, -0.2) is 15.0 Å². The zero-order valence-corrected chi connectivity index (χ0v) is 15.1. The van der Waals surface area contributed by atoms with Gasteiger partial charge in [0.1, 0.15) is 4.83 Å². The molecule has 0 saturated heterocycles. The second kappa shape index (κ2) is 6.57. The van der Waals surface area contributed by atoms with Crippen molar-refractivity contribution < 1.29 is 0 Å². The zero-order chi connectivity index (χ0) is 17.3. The molecule has 0 bridgehead atoms. The number of aromatic nitrogens is 2. The van der Waals surface area contributed by atoms with Crippen molar-refractivity contribution in [3.8, 4) is 5.69 Å². The maximum Gasteiger partial charge on any atom is 0.268 e. The van der Waals surface area contributed by atoms with Gasteiger partial charge in [0.05, 0.1) is 11.1 Å². The number of aryl methyl sites for hydroxylation is 2. The Hall–Kier alpha value is -2.47. The van der Waals surface area contributed by atoms with Crippen molar-refractivity contribution in [2.45, 2.75) is 34.1 Å². The second-order valence-corrected chi connectivity index (χ2v) is 6.89. The molecule has 5 nitrogen and oxygen atoms in total. The number of rotatable bonds is 4. The molecule has 3 aromatic rings. The average Bonchev–Trinajstić information content (AvgIpc) is 2.88. The van der Waals surface area contributed by atoms with E-state index in [2.05, 4.69) is 15.5 Å². The van der Waals surface area contributed by atoms with Gasteiger partial charge in [-0.1, -0.05) is 25.1 Å². The number of hydrogen-bond acceptors (Lipinski definition) is 5. The first-order chi connectivity index (χ1) is 11.5. The first-order valence-corrected chi connectivity index (χ1v) is 8.72. The van der Waals surface area contributed by atoms with E-state index < -0.39 is 0 Å². The fraction of sp³-hybridized carbons (Fsp3) is 0.278. The standard InChI is InChI=1S/C18H20N4OS/c1-5-11(2)20-21-18-19-16-15(12(3)13(4)24-16)17(23)22(18)14-9-7-6-8-10-14/h6-10H,5H2,1-4H3,(H,19,21). The molecule has 0 aliphatic carbocycles. The third-order valence-corrected chi connectivity index (χ3v) is 5.18. The highest BCUT2D eigenvalue weighted by molar-refractivity contribution is 7.18. The minimum absolute atomic E-state index is 0.0695. The van der Waals surface area contributed by atoms with Crippen molar-refractivity contribution in [3.05, 3.63) is 51.1 Å². The van der Waals surface area contributed by atoms with E-state index in [0.29, 0.717) is 11.3 Å². The van der Waals surface area contributed by atoms with Gasteiger partial charge in [0.25, 0.3) is 5.56 Å². The third kappa shape index (κ3) is 2.85. The number of anilines is 1. The van der Waals surface area contributed by atoms with Gasteiger partial charge in [0.15, 0.2) is 0 Å². The fourth-order valence-electron chi connectivity index (χ4n) is 2.41. The van der Waals surface area contributed by atoms with Crippen molar-refractivity contribution >= 4 is 33.2 Å². The Kier molecular flexibility index (Phi) is 4.49. The van der Waals surface area contributed by atoms with Gasteiger partial charge in [-0.15, -0.1) is 11.3 Å². The van der Waals surface area contributed by atoms with Crippen LogP contribution >= 0.6 is 11.3 Å². The number of hydrazone groups is 1. The Bertz CT molecular complexity index is 970. The number of thiophene rings is 1. The van der Waals surface area contributed by atoms with Gasteiger partial charge in [0, 0.05) is 10.6 Å². The first-order valence-electron chi connectivity index (χ1n) is 7.90. The van der Waals surface area contributed by atoms with Crippen LogP contribution in [-0.4, -0.2) is 15.3 Å². The molecule has 1 aromatic carbocycles. The lowest BCUT2D eigenvalue weighted by molar-refractivity contribution is 0.955. The molecule has 2 heterocycles. The van der Waals surface area contributed by atoms with Gasteiger partial charge in [-0.05, 0) is 44.9 Å². The molecule has 0 unspecified atom stereocenters. The summed E-state index contributed by atoms with van der Waals surface area (Å²) in [6, 6.07) is 9.52. The summed E-state index contributed by atoms with van der Waals surface area (Å²) in [5, 5.41) is 5.01. The van der Waals surface area contributed by atoms with Gasteiger partial charge in [-0.3, -0.25) is 4.79 Å². The summed E-state index contributed by atoms with van der Waals surface area (Å²) in [4.78, 5) is 19.7. The molecule has 0 atom stereocenters. The Labute approximate surface area is 144 Å². The Morgan fingerprint density at radius 1 is 1.29 bits per heavy atom. The van der Waals surface area contributed by atoms with Gasteiger partial charge < -0.3 is 0 Å². The Morgan fingerprint density at radius 2 is 2.00 bits per heavy atom. The van der Waals surface area contributed by atoms with E-state index >= 15 is 0 Å². The van der Waals surface area contributed by atoms with Crippen LogP contribution in [0.5, 0.6) is 0 Å². The summed E-state index contributed by atoms with van der Waals surface area (Å²) in [5.74, 6) is 0.438. The number of nitrogens with zero attached hydrogens (tertiary/aromatic N) is 3. The van der Waals surface area contributed by atoms with Crippen LogP contribution < -0.4 is 11.0 Å². The van der Waals surface area contributed by atoms with Crippen molar-refractivity contribution in [2.24, 2.45) is 5.10 Å². The molecule has 0 saturated carbocycles. The van der Waals surface area contributed by atoms with Crippen LogP contribution in [0, 0.1) is 13.8 Å². The summed E-state index contributed by atoms with van der Waals surface area (Å²) >= 11 is 1.54. The molecule has 24 heavy (non-hydrogen) atoms. The fourth-order valence-corrected chi connectivity index (χ4v) is 3.43. The molecule has 0 aliphatic heterocycles. The largest absolute Gasteiger partial charge is 0.268 e. The van der Waals surface area contributed by atoms with Crippen LogP contribution in [0.2, 0.25) is 0 Å². The average molecular weight is 340 g/mol. The highest BCUT2D eigenvalue weighted by Gasteiger charge is 2.17. The topological polar surface area (TPSA) is 59.3 Å². The first kappa shape index (κ1) is 16.4. The highest BCUT2D eigenvalue weighted by Crippen LogP contribution is 2.28. The molecule has 6 heteroatoms. The molecule has 0 amide bonds. The third-order valence-electron chi connectivity index (χ3n) is 4.08. The Balaban J connectivity index is 2.30. The van der Waals surface area contributed by atoms with E-state index in [4.69, 9.17) is 0 Å². The molecular weight excluding hydrogens is 320 g/mol. The van der Waals surface area contributed by atoms with E-state index in [0.717, 1.165) is 33.1 Å². The maximum atomic E-state index is 13.1. The van der Waals surface area contributed by atoms with Gasteiger partial charge in [0.2, 0.25) is 5.95 Å². The molecule has 3 rings (SSSR count). The van der Waals surface area contributed by atoms with Crippen LogP contribution in [0.15, 0.2) is 40.2 Å². The molecule has 124 valence electrons. The smallest absolute Gasteiger partial charge is 0.268 e. The van der Waals surface area contributed by atoms with Crippen LogP contribution in [0.3, 0.4) is 0 Å². The monoisotopic (exact) mass is 340 g/mol. The summed E-state index contributed by atoms with van der Waals surface area (Å²) in [6.45, 7) is 7.96. The quantitative estimate of drug-likeness (QED) is 0.570. The Morgan fingerprint density at radius 3 is 2.67 bits per heavy atom. The lowest BCUT2D eigenvalue weighted by Crippen LogP contribution is -2.22. The second-order valence-electron chi connectivity index (χ2n) is 5.69. The van der Waals surface area contributed by atoms with Crippen molar-refractivity contribution in [1.29, 1.82) is 0 Å². The van der Waals surface area contributed by atoms with E-state index in [1.807, 2.05) is 58.0 Å². The van der Waals surface area contributed by atoms with E-state index in [-0.39, 0.29) is 5.56 Å². The molecule has 0 spiro atoms. The molecule has 0 fully saturated rings. The number of benzene rings is 1. The number of nitrogens with one attached hydrogen (secondary N) is 1. The van der Waals surface area contributed by atoms with Crippen molar-refractivity contribution in [2.75, 3.05) is 5.43 Å². The predicted molar refractivity (Wildman–Crippen MR) is 102 cm³/mol. The minimum atomic E-state index is -0.0695. The zero-order valence-electron chi connectivity index (χ0n) is 14.3. The minimum Gasteiger partial charge on any atom is -0.268 e. The van der Waals surface area contributed by atoms with E-state index in [1.54, 1.807) is 4.57 Å². The summed E-state index contributed by atoms with van der Waals surface area (Å²) in [5.41, 5.74) is 5.62. The summed E-state index contributed by atoms with van der Waals surface area (Å²) in [6.07, 6.45) is 0.835. The van der Waals surface area contributed by atoms with Crippen LogP contribution in [0.1, 0.15) is 30.7 Å². The predicted octanol–water partition coefficient (Wildman–Crippen LogP) is 4.26. The van der Waals surface area contributed by atoms with E-state index in [9.17, 15) is 4.79 Å². The number of fused-ring (bicyclic) bond motifs is 1. The molecule has 1 N–H and O–H groups in total. The molecule has 2 aromatic heterocycles. The van der Waals surface area contributed by atoms with Crippen molar-refractivity contribution in [3.63, 3.8) is 0 Å². The molecular formula is C18H20N4OS. The maximum absolute atomic E-state index is 13.1. The normalized spacial score (nSPS) is 11.9. The SMILES string of the molecule is CCC(C)=NNc1nc2sc(C)c(C)c2c(=O)n1-c1ccccc1. The van der Waals surface area contributed by atoms with E-state index in [1.165, 1.54) is 11.3 Å². The van der Waals surface area contributed by atoms with Crippen LogP contribution in [-0.2, 0) is 0 Å². The van der Waals surface area contributed by atoms with Crippen LogP contribution in [0.4, 0.5) is 5.95 Å². The lowest BCUT2D eigenvalue weighted by Gasteiger charge is -2.12. The van der Waals surface area contributed by atoms with Crippen molar-refractivity contribution in [1.82, 2.24) is 9.55 Å². The van der Waals surface area contributed by atoms with Gasteiger partial charge in [-0.2, -0.15) is 5.10 Å². The lowest BCUT2D eigenvalue weighted by atomic mass is 10.2. The number of hydrogen-bond donors (Lipinski definition) is 1. The summed E-state index contributed by atoms with van der Waals surface area (Å²) in [7, 11) is 0. The molecule has 0 aliphatic rings. The highest BCUT2D eigenvalue weighted by atomic mass is 32.1. The summed E-state index contributed by atoms with van der Waals surface area (Å²) < 4.78 is 1.59. The molecule has 0 radical (unpaired) electrons.